The summed E-state index contributed by atoms with van der Waals surface area (Å²) in [5.41, 5.74) is 5.42. The third-order valence-electron chi connectivity index (χ3n) is 4.27. The predicted octanol–water partition coefficient (Wildman–Crippen LogP) is 1.49. The molecule has 0 bridgehead atoms. The molecule has 1 saturated heterocycles. The third kappa shape index (κ3) is 5.64. The van der Waals surface area contributed by atoms with Gasteiger partial charge in [0.1, 0.15) is 5.75 Å². The van der Waals surface area contributed by atoms with Crippen LogP contribution in [0.4, 0.5) is 0 Å². The topological polar surface area (TPSA) is 84.7 Å². The molecule has 1 heterocycles. The Morgan fingerprint density at radius 3 is 2.76 bits per heavy atom. The first-order valence-electron chi connectivity index (χ1n) is 8.62. The molecular weight excluding hydrogens is 338 g/mol. The predicted molar refractivity (Wildman–Crippen MR) is 99.7 cm³/mol. The molecule has 0 aromatic heterocycles. The number of thioether (sulfide) groups is 1. The van der Waals surface area contributed by atoms with Crippen molar-refractivity contribution >= 4 is 23.6 Å². The second kappa shape index (κ2) is 9.68. The van der Waals surface area contributed by atoms with Crippen molar-refractivity contribution in [2.45, 2.75) is 30.8 Å². The van der Waals surface area contributed by atoms with Crippen LogP contribution in [-0.2, 0) is 9.59 Å². The molecule has 6 nitrogen and oxygen atoms in total. The summed E-state index contributed by atoms with van der Waals surface area (Å²) in [4.78, 5) is 27.6. The molecule has 0 aliphatic carbocycles. The highest BCUT2D eigenvalue weighted by atomic mass is 32.2. The second-order valence-electron chi connectivity index (χ2n) is 6.14. The van der Waals surface area contributed by atoms with Crippen LogP contribution < -0.4 is 15.8 Å². The number of amides is 2. The van der Waals surface area contributed by atoms with Gasteiger partial charge < -0.3 is 20.7 Å². The van der Waals surface area contributed by atoms with Gasteiger partial charge in [-0.1, -0.05) is 0 Å². The number of piperidine rings is 1. The van der Waals surface area contributed by atoms with E-state index in [1.165, 1.54) is 0 Å². The first-order chi connectivity index (χ1) is 12.0. The van der Waals surface area contributed by atoms with Crippen molar-refractivity contribution in [3.63, 3.8) is 0 Å². The fourth-order valence-corrected chi connectivity index (χ4v) is 3.31. The fraction of sp³-hybridized carbons (Fsp3) is 0.556. The van der Waals surface area contributed by atoms with E-state index in [0.717, 1.165) is 17.7 Å². The average Bonchev–Trinajstić information content (AvgIpc) is 2.66. The summed E-state index contributed by atoms with van der Waals surface area (Å²) in [5.74, 6) is 0.402. The van der Waals surface area contributed by atoms with Gasteiger partial charge in [-0.2, -0.15) is 0 Å². The standard InChI is InChI=1S/C18H27N3O3S/c1-13(24-15-5-7-16(25-2)8-6-15)18(23)21-11-3-4-14(12-21)17(22)20-10-9-19/h5-8,13-14H,3-4,9-12,19H2,1-2H3,(H,20,22). The van der Waals surface area contributed by atoms with Gasteiger partial charge in [0.15, 0.2) is 6.10 Å². The number of hydrogen-bond acceptors (Lipinski definition) is 5. The van der Waals surface area contributed by atoms with Crippen LogP contribution in [0.5, 0.6) is 5.75 Å². The number of benzene rings is 1. The summed E-state index contributed by atoms with van der Waals surface area (Å²) in [6.07, 6.45) is 3.05. The molecule has 1 aliphatic rings. The maximum Gasteiger partial charge on any atom is 0.263 e. The number of rotatable bonds is 7. The van der Waals surface area contributed by atoms with Crippen molar-refractivity contribution in [2.24, 2.45) is 11.7 Å². The van der Waals surface area contributed by atoms with E-state index in [1.54, 1.807) is 23.6 Å². The van der Waals surface area contributed by atoms with E-state index >= 15 is 0 Å². The normalized spacial score (nSPS) is 18.5. The summed E-state index contributed by atoms with van der Waals surface area (Å²) in [5, 5.41) is 2.81. The molecule has 1 aliphatic heterocycles. The van der Waals surface area contributed by atoms with E-state index in [2.05, 4.69) is 5.32 Å². The van der Waals surface area contributed by atoms with Crippen molar-refractivity contribution < 1.29 is 14.3 Å². The molecular formula is C18H27N3O3S. The summed E-state index contributed by atoms with van der Waals surface area (Å²) < 4.78 is 5.77. The molecule has 7 heteroatoms. The molecule has 3 N–H and O–H groups in total. The lowest BCUT2D eigenvalue weighted by Crippen LogP contribution is -2.49. The third-order valence-corrected chi connectivity index (χ3v) is 5.01. The first kappa shape index (κ1) is 19.6. The van der Waals surface area contributed by atoms with E-state index in [-0.39, 0.29) is 17.7 Å². The smallest absolute Gasteiger partial charge is 0.263 e. The van der Waals surface area contributed by atoms with Crippen LogP contribution in [0.2, 0.25) is 0 Å². The van der Waals surface area contributed by atoms with Crippen LogP contribution in [0.15, 0.2) is 29.2 Å². The van der Waals surface area contributed by atoms with Crippen LogP contribution in [-0.4, -0.2) is 55.3 Å². The van der Waals surface area contributed by atoms with Gasteiger partial charge in [0.25, 0.3) is 5.91 Å². The maximum atomic E-state index is 12.7. The van der Waals surface area contributed by atoms with Gasteiger partial charge in [-0.05, 0) is 50.3 Å². The fourth-order valence-electron chi connectivity index (χ4n) is 2.90. The van der Waals surface area contributed by atoms with Crippen LogP contribution in [0.25, 0.3) is 0 Å². The number of nitrogens with one attached hydrogen (secondary N) is 1. The van der Waals surface area contributed by atoms with E-state index in [9.17, 15) is 9.59 Å². The molecule has 0 spiro atoms. The molecule has 138 valence electrons. The Morgan fingerprint density at radius 1 is 1.40 bits per heavy atom. The molecule has 2 unspecified atom stereocenters. The van der Waals surface area contributed by atoms with E-state index in [0.29, 0.717) is 31.9 Å². The van der Waals surface area contributed by atoms with Gasteiger partial charge in [0.2, 0.25) is 5.91 Å². The molecule has 1 aromatic carbocycles. The number of nitrogens with zero attached hydrogens (tertiary/aromatic N) is 1. The Bertz CT molecular complexity index is 579. The van der Waals surface area contributed by atoms with Gasteiger partial charge in [0, 0.05) is 31.1 Å². The highest BCUT2D eigenvalue weighted by Crippen LogP contribution is 2.21. The molecule has 2 atom stereocenters. The number of likely N-dealkylation sites (tertiary alicyclic amines) is 1. The number of carbonyl (C=O) groups is 2. The molecule has 2 rings (SSSR count). The van der Waals surface area contributed by atoms with E-state index < -0.39 is 6.10 Å². The molecule has 1 aromatic rings. The Hall–Kier alpha value is -1.73. The van der Waals surface area contributed by atoms with Crippen LogP contribution in [0, 0.1) is 5.92 Å². The number of carbonyl (C=O) groups excluding carboxylic acids is 2. The lowest BCUT2D eigenvalue weighted by molar-refractivity contribution is -0.141. The highest BCUT2D eigenvalue weighted by molar-refractivity contribution is 7.98. The van der Waals surface area contributed by atoms with Crippen LogP contribution >= 0.6 is 11.8 Å². The summed E-state index contributed by atoms with van der Waals surface area (Å²) in [6.45, 7) is 3.74. The average molecular weight is 365 g/mol. The summed E-state index contributed by atoms with van der Waals surface area (Å²) in [7, 11) is 0. The van der Waals surface area contributed by atoms with Crippen molar-refractivity contribution in [2.75, 3.05) is 32.4 Å². The lowest BCUT2D eigenvalue weighted by Gasteiger charge is -2.33. The monoisotopic (exact) mass is 365 g/mol. The van der Waals surface area contributed by atoms with Gasteiger partial charge in [-0.15, -0.1) is 11.8 Å². The van der Waals surface area contributed by atoms with Crippen molar-refractivity contribution in [1.29, 1.82) is 0 Å². The molecule has 0 radical (unpaired) electrons. The molecule has 1 fully saturated rings. The molecule has 25 heavy (non-hydrogen) atoms. The number of hydrogen-bond donors (Lipinski definition) is 2. The Balaban J connectivity index is 1.90. The van der Waals surface area contributed by atoms with Crippen molar-refractivity contribution in [1.82, 2.24) is 10.2 Å². The Morgan fingerprint density at radius 2 is 2.12 bits per heavy atom. The van der Waals surface area contributed by atoms with E-state index in [4.69, 9.17) is 10.5 Å². The number of ether oxygens (including phenoxy) is 1. The van der Waals surface area contributed by atoms with Gasteiger partial charge in [-0.25, -0.2) is 0 Å². The summed E-state index contributed by atoms with van der Waals surface area (Å²) in [6, 6.07) is 7.68. The van der Waals surface area contributed by atoms with E-state index in [1.807, 2.05) is 30.5 Å². The van der Waals surface area contributed by atoms with Crippen molar-refractivity contribution in [3.8, 4) is 5.75 Å². The minimum absolute atomic E-state index is 0.0239. The largest absolute Gasteiger partial charge is 0.481 e. The van der Waals surface area contributed by atoms with Crippen LogP contribution in [0.1, 0.15) is 19.8 Å². The quantitative estimate of drug-likeness (QED) is 0.715. The zero-order valence-electron chi connectivity index (χ0n) is 14.9. The number of nitrogens with two attached hydrogens (primary N) is 1. The zero-order chi connectivity index (χ0) is 18.2. The Kier molecular flexibility index (Phi) is 7.58. The first-order valence-corrected chi connectivity index (χ1v) is 9.85. The molecule has 0 saturated carbocycles. The molecule has 2 amide bonds. The zero-order valence-corrected chi connectivity index (χ0v) is 15.7. The van der Waals surface area contributed by atoms with Gasteiger partial charge in [-0.3, -0.25) is 9.59 Å². The minimum Gasteiger partial charge on any atom is -0.481 e. The SMILES string of the molecule is CSc1ccc(OC(C)C(=O)N2CCCC(C(=O)NCCN)C2)cc1. The maximum absolute atomic E-state index is 12.7. The Labute approximate surface area is 153 Å². The van der Waals surface area contributed by atoms with Crippen LogP contribution in [0.3, 0.4) is 0 Å². The van der Waals surface area contributed by atoms with Gasteiger partial charge >= 0.3 is 0 Å². The highest BCUT2D eigenvalue weighted by Gasteiger charge is 2.30. The van der Waals surface area contributed by atoms with Gasteiger partial charge in [0.05, 0.1) is 5.92 Å². The minimum atomic E-state index is -0.578. The summed E-state index contributed by atoms with van der Waals surface area (Å²) >= 11 is 1.66. The van der Waals surface area contributed by atoms with Crippen molar-refractivity contribution in [3.05, 3.63) is 24.3 Å². The lowest BCUT2D eigenvalue weighted by atomic mass is 9.96. The second-order valence-corrected chi connectivity index (χ2v) is 7.02.